The lowest BCUT2D eigenvalue weighted by atomic mass is 10.1. The van der Waals surface area contributed by atoms with Crippen molar-refractivity contribution < 1.29 is 4.79 Å². The van der Waals surface area contributed by atoms with Gasteiger partial charge in [-0.15, -0.1) is 0 Å². The van der Waals surface area contributed by atoms with E-state index in [4.69, 9.17) is 5.41 Å². The molecule has 0 aliphatic rings. The van der Waals surface area contributed by atoms with Crippen LogP contribution in [0, 0.1) is 5.41 Å². The summed E-state index contributed by atoms with van der Waals surface area (Å²) in [5.41, 5.74) is 0. The first-order valence-electron chi connectivity index (χ1n) is 4.05. The molecular formula is C8H16N2O. The van der Waals surface area contributed by atoms with E-state index in [2.05, 4.69) is 12.2 Å². The van der Waals surface area contributed by atoms with Crippen LogP contribution in [-0.2, 0) is 4.79 Å². The lowest BCUT2D eigenvalue weighted by molar-refractivity contribution is -0.109. The van der Waals surface area contributed by atoms with E-state index in [0.29, 0.717) is 6.41 Å². The molecule has 0 rings (SSSR count). The van der Waals surface area contributed by atoms with Gasteiger partial charge in [0.25, 0.3) is 0 Å². The topological polar surface area (TPSA) is 53.0 Å². The summed E-state index contributed by atoms with van der Waals surface area (Å²) in [5, 5.41) is 9.52. The Morgan fingerprint density at radius 3 is 2.73 bits per heavy atom. The molecule has 1 unspecified atom stereocenters. The fourth-order valence-corrected chi connectivity index (χ4v) is 0.916. The molecule has 0 aliphatic heterocycles. The van der Waals surface area contributed by atoms with E-state index in [1.165, 1.54) is 19.1 Å². The van der Waals surface area contributed by atoms with Crippen LogP contribution in [0.4, 0.5) is 0 Å². The summed E-state index contributed by atoms with van der Waals surface area (Å²) in [4.78, 5) is 9.99. The predicted molar refractivity (Wildman–Crippen MR) is 45.9 cm³/mol. The first-order chi connectivity index (χ1) is 5.35. The maximum Gasteiger partial charge on any atom is 0.207 e. The molecule has 3 nitrogen and oxygen atoms in total. The lowest BCUT2D eigenvalue weighted by Crippen LogP contribution is -2.28. The lowest BCUT2D eigenvalue weighted by Gasteiger charge is -2.08. The van der Waals surface area contributed by atoms with Crippen LogP contribution >= 0.6 is 0 Å². The summed E-state index contributed by atoms with van der Waals surface area (Å²) in [6.45, 7) is 2.13. The molecule has 0 heterocycles. The predicted octanol–water partition coefficient (Wildman–Crippen LogP) is 1.33. The van der Waals surface area contributed by atoms with Crippen LogP contribution in [0.25, 0.3) is 0 Å². The zero-order valence-electron chi connectivity index (χ0n) is 6.97. The van der Waals surface area contributed by atoms with Crippen molar-refractivity contribution in [2.45, 2.75) is 38.6 Å². The van der Waals surface area contributed by atoms with Gasteiger partial charge in [0.15, 0.2) is 0 Å². The van der Waals surface area contributed by atoms with Crippen molar-refractivity contribution in [3.8, 4) is 0 Å². The van der Waals surface area contributed by atoms with Crippen molar-refractivity contribution in [2.75, 3.05) is 0 Å². The highest BCUT2D eigenvalue weighted by molar-refractivity contribution is 5.65. The number of rotatable bonds is 7. The largest absolute Gasteiger partial charge is 0.351 e. The summed E-state index contributed by atoms with van der Waals surface area (Å²) < 4.78 is 0. The Labute approximate surface area is 67.7 Å². The molecule has 0 radical (unpaired) electrons. The number of hydrogen-bond donors (Lipinski definition) is 2. The van der Waals surface area contributed by atoms with Crippen LogP contribution in [0.2, 0.25) is 0 Å². The fourth-order valence-electron chi connectivity index (χ4n) is 0.916. The van der Waals surface area contributed by atoms with Crippen molar-refractivity contribution in [1.29, 1.82) is 5.41 Å². The Morgan fingerprint density at radius 1 is 1.55 bits per heavy atom. The normalized spacial score (nSPS) is 12.1. The second-order valence-corrected chi connectivity index (χ2v) is 2.55. The van der Waals surface area contributed by atoms with E-state index in [9.17, 15) is 4.79 Å². The Morgan fingerprint density at radius 2 is 2.27 bits per heavy atom. The van der Waals surface area contributed by atoms with Crippen LogP contribution in [0.5, 0.6) is 0 Å². The zero-order chi connectivity index (χ0) is 8.53. The average molecular weight is 156 g/mol. The molecule has 0 saturated carbocycles. The SMILES string of the molecule is CCCCCC(C=N)NC=O. The molecule has 0 fully saturated rings. The Kier molecular flexibility index (Phi) is 6.68. The first kappa shape index (κ1) is 10.1. The molecule has 0 aromatic heterocycles. The van der Waals surface area contributed by atoms with Crippen LogP contribution < -0.4 is 5.32 Å². The van der Waals surface area contributed by atoms with E-state index < -0.39 is 0 Å². The first-order valence-corrected chi connectivity index (χ1v) is 4.05. The smallest absolute Gasteiger partial charge is 0.207 e. The number of nitrogens with one attached hydrogen (secondary N) is 2. The summed E-state index contributed by atoms with van der Waals surface area (Å²) in [6.07, 6.45) is 6.25. The van der Waals surface area contributed by atoms with Gasteiger partial charge in [-0.3, -0.25) is 4.79 Å². The van der Waals surface area contributed by atoms with E-state index in [1.807, 2.05) is 0 Å². The van der Waals surface area contributed by atoms with Crippen LogP contribution in [0.3, 0.4) is 0 Å². The quantitative estimate of drug-likeness (QED) is 0.326. The van der Waals surface area contributed by atoms with Gasteiger partial charge in [-0.2, -0.15) is 0 Å². The minimum atomic E-state index is -0.0564. The van der Waals surface area contributed by atoms with E-state index >= 15 is 0 Å². The molecule has 0 spiro atoms. The number of hydrogen-bond acceptors (Lipinski definition) is 2. The maximum absolute atomic E-state index is 9.99. The summed E-state index contributed by atoms with van der Waals surface area (Å²) in [7, 11) is 0. The molecular weight excluding hydrogens is 140 g/mol. The highest BCUT2D eigenvalue weighted by atomic mass is 16.1. The molecule has 1 atom stereocenters. The Bertz CT molecular complexity index is 115. The minimum absolute atomic E-state index is 0.0564. The molecule has 64 valence electrons. The van der Waals surface area contributed by atoms with E-state index in [-0.39, 0.29) is 6.04 Å². The highest BCUT2D eigenvalue weighted by Crippen LogP contribution is 2.00. The van der Waals surface area contributed by atoms with Crippen LogP contribution in [-0.4, -0.2) is 18.7 Å². The molecule has 11 heavy (non-hydrogen) atoms. The number of carbonyl (C=O) groups excluding carboxylic acids is 1. The Balaban J connectivity index is 3.35. The molecule has 1 amide bonds. The summed E-state index contributed by atoms with van der Waals surface area (Å²) >= 11 is 0. The second-order valence-electron chi connectivity index (χ2n) is 2.55. The number of carbonyl (C=O) groups is 1. The van der Waals surface area contributed by atoms with Gasteiger partial charge < -0.3 is 10.7 Å². The molecule has 3 heteroatoms. The molecule has 0 bridgehead atoms. The average Bonchev–Trinajstić information content (AvgIpc) is 2.03. The highest BCUT2D eigenvalue weighted by Gasteiger charge is 2.00. The molecule has 2 N–H and O–H groups in total. The van der Waals surface area contributed by atoms with Gasteiger partial charge >= 0.3 is 0 Å². The molecule has 0 aliphatic carbocycles. The Hall–Kier alpha value is -0.860. The van der Waals surface area contributed by atoms with Crippen molar-refractivity contribution >= 4 is 12.6 Å². The van der Waals surface area contributed by atoms with Crippen LogP contribution in [0.15, 0.2) is 0 Å². The third-order valence-electron chi connectivity index (χ3n) is 1.60. The van der Waals surface area contributed by atoms with Gasteiger partial charge in [0.05, 0.1) is 6.04 Å². The third kappa shape index (κ3) is 5.58. The van der Waals surface area contributed by atoms with Gasteiger partial charge in [-0.1, -0.05) is 26.2 Å². The van der Waals surface area contributed by atoms with Gasteiger partial charge in [0.2, 0.25) is 6.41 Å². The van der Waals surface area contributed by atoms with Crippen LogP contribution in [0.1, 0.15) is 32.6 Å². The van der Waals surface area contributed by atoms with Crippen molar-refractivity contribution in [3.05, 3.63) is 0 Å². The zero-order valence-corrected chi connectivity index (χ0v) is 6.97. The van der Waals surface area contributed by atoms with Crippen molar-refractivity contribution in [1.82, 2.24) is 5.32 Å². The number of amides is 1. The van der Waals surface area contributed by atoms with E-state index in [1.54, 1.807) is 0 Å². The van der Waals surface area contributed by atoms with Gasteiger partial charge in [0, 0.05) is 6.21 Å². The van der Waals surface area contributed by atoms with Crippen molar-refractivity contribution in [2.24, 2.45) is 0 Å². The summed E-state index contributed by atoms with van der Waals surface area (Å²) in [6, 6.07) is -0.0564. The van der Waals surface area contributed by atoms with Gasteiger partial charge in [-0.05, 0) is 6.42 Å². The third-order valence-corrected chi connectivity index (χ3v) is 1.60. The van der Waals surface area contributed by atoms with Crippen molar-refractivity contribution in [3.63, 3.8) is 0 Å². The maximum atomic E-state index is 9.99. The monoisotopic (exact) mass is 156 g/mol. The fraction of sp³-hybridized carbons (Fsp3) is 0.750. The second kappa shape index (κ2) is 7.25. The summed E-state index contributed by atoms with van der Waals surface area (Å²) in [5.74, 6) is 0. The minimum Gasteiger partial charge on any atom is -0.351 e. The molecule has 0 aromatic carbocycles. The van der Waals surface area contributed by atoms with E-state index in [0.717, 1.165) is 12.8 Å². The standard InChI is InChI=1S/C8H16N2O/c1-2-3-4-5-8(6-9)10-7-11/h6-9H,2-5H2,1H3,(H,10,11). The van der Waals surface area contributed by atoms with Gasteiger partial charge in [-0.25, -0.2) is 0 Å². The van der Waals surface area contributed by atoms with Gasteiger partial charge in [0.1, 0.15) is 0 Å². The molecule has 0 aromatic rings. The molecule has 0 saturated heterocycles. The number of unbranched alkanes of at least 4 members (excludes halogenated alkanes) is 2.